The summed E-state index contributed by atoms with van der Waals surface area (Å²) >= 11 is 6.31. The van der Waals surface area contributed by atoms with Gasteiger partial charge in [-0.25, -0.2) is 0 Å². The molecule has 0 unspecified atom stereocenters. The van der Waals surface area contributed by atoms with Gasteiger partial charge < -0.3 is 15.0 Å². The number of benzene rings is 3. The zero-order valence-electron chi connectivity index (χ0n) is 21.1. The van der Waals surface area contributed by atoms with Crippen molar-refractivity contribution in [2.24, 2.45) is 0 Å². The van der Waals surface area contributed by atoms with Gasteiger partial charge in [-0.1, -0.05) is 29.8 Å². The molecule has 3 aromatic rings. The largest absolute Gasteiger partial charge is 0.490 e. The van der Waals surface area contributed by atoms with Gasteiger partial charge in [0, 0.05) is 39.5 Å². The second-order valence-corrected chi connectivity index (χ2v) is 9.35. The first-order valence-corrected chi connectivity index (χ1v) is 12.6. The highest BCUT2D eigenvalue weighted by Crippen LogP contribution is 2.38. The van der Waals surface area contributed by atoms with E-state index in [-0.39, 0.29) is 17.6 Å². The SMILES string of the molecule is CCOC(C=O)=C1CCCN(C(=O)c2ccc(NC(=O)c3ccccc3C)cc2C)c2ccc(Cl)cc21. The molecule has 0 aromatic heterocycles. The van der Waals surface area contributed by atoms with Crippen LogP contribution in [0.5, 0.6) is 0 Å². The molecule has 0 saturated heterocycles. The number of carbonyl (C=O) groups excluding carboxylic acids is 3. The van der Waals surface area contributed by atoms with Gasteiger partial charge in [0.05, 0.1) is 12.3 Å². The maximum absolute atomic E-state index is 13.8. The number of aryl methyl sites for hydroxylation is 2. The highest BCUT2D eigenvalue weighted by Gasteiger charge is 2.27. The lowest BCUT2D eigenvalue weighted by Crippen LogP contribution is -2.32. The first-order valence-electron chi connectivity index (χ1n) is 12.2. The number of nitrogens with one attached hydrogen (secondary N) is 1. The molecular formula is C30H29ClN2O4. The van der Waals surface area contributed by atoms with Gasteiger partial charge in [0.1, 0.15) is 0 Å². The lowest BCUT2D eigenvalue weighted by molar-refractivity contribution is -0.107. The van der Waals surface area contributed by atoms with E-state index in [1.54, 1.807) is 47.4 Å². The van der Waals surface area contributed by atoms with Crippen LogP contribution in [0, 0.1) is 13.8 Å². The van der Waals surface area contributed by atoms with E-state index < -0.39 is 0 Å². The van der Waals surface area contributed by atoms with Crippen LogP contribution in [0.1, 0.15) is 57.2 Å². The minimum Gasteiger partial charge on any atom is -0.490 e. The number of allylic oxidation sites excluding steroid dienone is 2. The molecule has 37 heavy (non-hydrogen) atoms. The van der Waals surface area contributed by atoms with Crippen molar-refractivity contribution in [3.8, 4) is 0 Å². The fraction of sp³-hybridized carbons (Fsp3) is 0.233. The van der Waals surface area contributed by atoms with Gasteiger partial charge in [0.15, 0.2) is 12.0 Å². The normalized spacial score (nSPS) is 14.3. The Hall–Kier alpha value is -3.90. The Kier molecular flexibility index (Phi) is 8.09. The van der Waals surface area contributed by atoms with E-state index in [9.17, 15) is 14.4 Å². The van der Waals surface area contributed by atoms with Gasteiger partial charge in [0.2, 0.25) is 0 Å². The van der Waals surface area contributed by atoms with Crippen LogP contribution < -0.4 is 10.2 Å². The molecule has 7 heteroatoms. The number of ether oxygens (including phenoxy) is 1. The zero-order chi connectivity index (χ0) is 26.5. The highest BCUT2D eigenvalue weighted by atomic mass is 35.5. The minimum absolute atomic E-state index is 0.164. The van der Waals surface area contributed by atoms with Crippen LogP contribution in [0.2, 0.25) is 5.02 Å². The fourth-order valence-electron chi connectivity index (χ4n) is 4.62. The van der Waals surface area contributed by atoms with Crippen LogP contribution in [0.15, 0.2) is 66.4 Å². The summed E-state index contributed by atoms with van der Waals surface area (Å²) in [6, 6.07) is 18.0. The number of amides is 2. The molecule has 0 atom stereocenters. The van der Waals surface area contributed by atoms with Crippen molar-refractivity contribution in [2.45, 2.75) is 33.6 Å². The predicted octanol–water partition coefficient (Wildman–Crippen LogP) is 6.60. The van der Waals surface area contributed by atoms with E-state index >= 15 is 0 Å². The van der Waals surface area contributed by atoms with Gasteiger partial charge in [-0.3, -0.25) is 14.4 Å². The smallest absolute Gasteiger partial charge is 0.258 e. The second-order valence-electron chi connectivity index (χ2n) is 8.91. The quantitative estimate of drug-likeness (QED) is 0.227. The molecule has 2 amide bonds. The molecule has 0 saturated carbocycles. The van der Waals surface area contributed by atoms with E-state index in [1.807, 2.05) is 39.0 Å². The molecule has 1 aliphatic heterocycles. The van der Waals surface area contributed by atoms with E-state index in [1.165, 1.54) is 0 Å². The van der Waals surface area contributed by atoms with E-state index in [4.69, 9.17) is 16.3 Å². The maximum Gasteiger partial charge on any atom is 0.258 e. The molecule has 4 rings (SSSR count). The number of halogens is 1. The molecule has 0 bridgehead atoms. The summed E-state index contributed by atoms with van der Waals surface area (Å²) in [5, 5.41) is 3.43. The van der Waals surface area contributed by atoms with Crippen molar-refractivity contribution in [1.82, 2.24) is 0 Å². The molecule has 0 fully saturated rings. The average molecular weight is 517 g/mol. The minimum atomic E-state index is -0.200. The van der Waals surface area contributed by atoms with Crippen molar-refractivity contribution in [3.63, 3.8) is 0 Å². The van der Waals surface area contributed by atoms with Gasteiger partial charge in [-0.15, -0.1) is 0 Å². The van der Waals surface area contributed by atoms with Gasteiger partial charge in [0.25, 0.3) is 11.8 Å². The van der Waals surface area contributed by atoms with Crippen molar-refractivity contribution < 1.29 is 19.1 Å². The Balaban J connectivity index is 1.66. The van der Waals surface area contributed by atoms with Crippen molar-refractivity contribution >= 4 is 46.6 Å². The van der Waals surface area contributed by atoms with Gasteiger partial charge >= 0.3 is 0 Å². The molecule has 1 aliphatic rings. The Bertz CT molecular complexity index is 1400. The Labute approximate surface area is 221 Å². The lowest BCUT2D eigenvalue weighted by atomic mass is 9.99. The molecule has 1 heterocycles. The molecule has 1 N–H and O–H groups in total. The Morgan fingerprint density at radius 2 is 1.81 bits per heavy atom. The standard InChI is InChI=1S/C30H29ClN2O4/c1-4-37-28(18-34)25-10-7-15-33(27-14-11-21(31)17-26(25)27)30(36)24-13-12-22(16-20(24)3)32-29(35)23-9-6-5-8-19(23)2/h5-6,8-9,11-14,16-18H,4,7,10,15H2,1-3H3,(H,32,35). The molecule has 190 valence electrons. The van der Waals surface area contributed by atoms with E-state index in [0.29, 0.717) is 59.1 Å². The number of anilines is 2. The number of nitrogens with zero attached hydrogens (tertiary/aromatic N) is 1. The summed E-state index contributed by atoms with van der Waals surface area (Å²) in [4.78, 5) is 40.0. The number of rotatable bonds is 6. The number of aldehydes is 1. The molecule has 0 spiro atoms. The zero-order valence-corrected chi connectivity index (χ0v) is 21.9. The molecule has 6 nitrogen and oxygen atoms in total. The summed E-state index contributed by atoms with van der Waals surface area (Å²) < 4.78 is 5.60. The molecule has 3 aromatic carbocycles. The lowest BCUT2D eigenvalue weighted by Gasteiger charge is -2.24. The predicted molar refractivity (Wildman–Crippen MR) is 147 cm³/mol. The topological polar surface area (TPSA) is 75.7 Å². The van der Waals surface area contributed by atoms with Crippen LogP contribution in [-0.4, -0.2) is 31.3 Å². The van der Waals surface area contributed by atoms with E-state index in [2.05, 4.69) is 5.32 Å². The highest BCUT2D eigenvalue weighted by molar-refractivity contribution is 6.31. The summed E-state index contributed by atoms with van der Waals surface area (Å²) in [6.07, 6.45) is 1.95. The number of hydrogen-bond donors (Lipinski definition) is 1. The van der Waals surface area contributed by atoms with Crippen molar-refractivity contribution in [2.75, 3.05) is 23.4 Å². The molecular weight excluding hydrogens is 488 g/mol. The summed E-state index contributed by atoms with van der Waals surface area (Å²) in [6.45, 7) is 6.40. The Morgan fingerprint density at radius 3 is 2.51 bits per heavy atom. The third-order valence-corrected chi connectivity index (χ3v) is 6.67. The second kappa shape index (κ2) is 11.4. The van der Waals surface area contributed by atoms with Crippen LogP contribution in [-0.2, 0) is 9.53 Å². The molecule has 0 radical (unpaired) electrons. The third-order valence-electron chi connectivity index (χ3n) is 6.44. The number of carbonyl (C=O) groups is 3. The van der Waals surface area contributed by atoms with Crippen molar-refractivity contribution in [3.05, 3.63) is 99.3 Å². The summed E-state index contributed by atoms with van der Waals surface area (Å²) in [7, 11) is 0. The third kappa shape index (κ3) is 5.59. The van der Waals surface area contributed by atoms with Crippen molar-refractivity contribution in [1.29, 1.82) is 0 Å². The summed E-state index contributed by atoms with van der Waals surface area (Å²) in [5.74, 6) is -0.0945. The molecule has 0 aliphatic carbocycles. The van der Waals surface area contributed by atoms with Gasteiger partial charge in [-0.05, 0) is 87.2 Å². The fourth-order valence-corrected chi connectivity index (χ4v) is 4.79. The number of fused-ring (bicyclic) bond motifs is 1. The number of hydrogen-bond acceptors (Lipinski definition) is 4. The van der Waals surface area contributed by atoms with Crippen LogP contribution in [0.25, 0.3) is 5.57 Å². The summed E-state index contributed by atoms with van der Waals surface area (Å²) in [5.41, 5.74) is 5.52. The van der Waals surface area contributed by atoms with Crippen LogP contribution in [0.4, 0.5) is 11.4 Å². The Morgan fingerprint density at radius 1 is 1.03 bits per heavy atom. The van der Waals surface area contributed by atoms with Gasteiger partial charge in [-0.2, -0.15) is 0 Å². The average Bonchev–Trinajstić information content (AvgIpc) is 3.06. The van der Waals surface area contributed by atoms with Crippen LogP contribution in [0.3, 0.4) is 0 Å². The maximum atomic E-state index is 13.8. The van der Waals surface area contributed by atoms with E-state index in [0.717, 1.165) is 23.0 Å². The van der Waals surface area contributed by atoms with Crippen LogP contribution >= 0.6 is 11.6 Å². The first kappa shape index (κ1) is 26.2. The monoisotopic (exact) mass is 516 g/mol. The first-order chi connectivity index (χ1) is 17.8.